The Balaban J connectivity index is 1.64. The van der Waals surface area contributed by atoms with Gasteiger partial charge in [0.2, 0.25) is 5.91 Å². The highest BCUT2D eigenvalue weighted by molar-refractivity contribution is 7.99. The lowest BCUT2D eigenvalue weighted by molar-refractivity contribution is -0.118. The first kappa shape index (κ1) is 19.2. The van der Waals surface area contributed by atoms with Crippen molar-refractivity contribution >= 4 is 52.1 Å². The first-order valence-corrected chi connectivity index (χ1v) is 10.1. The maximum Gasteiger partial charge on any atom is 0.234 e. The van der Waals surface area contributed by atoms with Crippen LogP contribution in [-0.2, 0) is 17.6 Å². The fourth-order valence-electron chi connectivity index (χ4n) is 2.39. The summed E-state index contributed by atoms with van der Waals surface area (Å²) in [5, 5.41) is 0.593. The third-order valence-corrected chi connectivity index (χ3v) is 6.18. The molecule has 1 N–H and O–H groups in total. The van der Waals surface area contributed by atoms with E-state index in [1.54, 1.807) is 0 Å². The van der Waals surface area contributed by atoms with E-state index in [0.29, 0.717) is 5.02 Å². The molecule has 0 unspecified atom stereocenters. The van der Waals surface area contributed by atoms with E-state index in [1.807, 2.05) is 25.1 Å². The Kier molecular flexibility index (Phi) is 5.60. The normalized spacial score (nSPS) is 11.9. The first-order chi connectivity index (χ1) is 12.2. The molecule has 138 valence electrons. The van der Waals surface area contributed by atoms with Crippen LogP contribution in [0.5, 0.6) is 0 Å². The summed E-state index contributed by atoms with van der Waals surface area (Å²) in [4.78, 5) is 16.7. The van der Waals surface area contributed by atoms with E-state index in [4.69, 9.17) is 16.0 Å². The van der Waals surface area contributed by atoms with Gasteiger partial charge < -0.3 is 4.42 Å². The SMILES string of the molecule is Cc1nsc(SNC(=O)Cc2ccc3oc(CC(C)(C)C)nc3c2)c1Cl. The smallest absolute Gasteiger partial charge is 0.234 e. The molecule has 1 amide bonds. The maximum atomic E-state index is 12.2. The number of hydrogen-bond donors (Lipinski definition) is 1. The van der Waals surface area contributed by atoms with Crippen LogP contribution in [0.25, 0.3) is 11.1 Å². The van der Waals surface area contributed by atoms with Crippen molar-refractivity contribution in [3.05, 3.63) is 40.4 Å². The second kappa shape index (κ2) is 7.58. The van der Waals surface area contributed by atoms with Crippen molar-refractivity contribution in [2.75, 3.05) is 0 Å². The number of nitrogens with one attached hydrogen (secondary N) is 1. The number of aromatic nitrogens is 2. The lowest BCUT2D eigenvalue weighted by atomic mass is 9.92. The van der Waals surface area contributed by atoms with Gasteiger partial charge in [-0.25, -0.2) is 4.98 Å². The molecule has 0 saturated heterocycles. The Hall–Kier alpha value is -1.57. The van der Waals surface area contributed by atoms with Crippen molar-refractivity contribution in [1.29, 1.82) is 0 Å². The van der Waals surface area contributed by atoms with Crippen LogP contribution in [0.3, 0.4) is 0 Å². The van der Waals surface area contributed by atoms with Crippen LogP contribution < -0.4 is 4.72 Å². The average Bonchev–Trinajstić information content (AvgIpc) is 3.07. The highest BCUT2D eigenvalue weighted by atomic mass is 35.5. The molecule has 0 aliphatic carbocycles. The molecule has 5 nitrogen and oxygen atoms in total. The molecule has 8 heteroatoms. The average molecular weight is 410 g/mol. The zero-order chi connectivity index (χ0) is 18.9. The van der Waals surface area contributed by atoms with Crippen molar-refractivity contribution in [1.82, 2.24) is 14.1 Å². The quantitative estimate of drug-likeness (QED) is 0.586. The van der Waals surface area contributed by atoms with Gasteiger partial charge in [0.05, 0.1) is 17.1 Å². The summed E-state index contributed by atoms with van der Waals surface area (Å²) in [6.45, 7) is 8.27. The Bertz CT molecular complexity index is 944. The van der Waals surface area contributed by atoms with Crippen molar-refractivity contribution in [2.24, 2.45) is 5.41 Å². The lowest BCUT2D eigenvalue weighted by Crippen LogP contribution is -2.17. The summed E-state index contributed by atoms with van der Waals surface area (Å²) in [6.07, 6.45) is 1.03. The number of halogens is 1. The molecule has 3 rings (SSSR count). The van der Waals surface area contributed by atoms with Gasteiger partial charge in [0.25, 0.3) is 0 Å². The number of oxazole rings is 1. The van der Waals surface area contributed by atoms with Gasteiger partial charge in [0.1, 0.15) is 9.73 Å². The van der Waals surface area contributed by atoms with Gasteiger partial charge in [-0.15, -0.1) is 0 Å². The molecular formula is C18H20ClN3O2S2. The number of nitrogens with zero attached hydrogens (tertiary/aromatic N) is 2. The molecule has 2 aromatic heterocycles. The van der Waals surface area contributed by atoms with Crippen LogP contribution in [0.4, 0.5) is 0 Å². The predicted octanol–water partition coefficient (Wildman–Crippen LogP) is 5.20. The second-order valence-corrected chi connectivity index (χ2v) is 9.55. The monoisotopic (exact) mass is 409 g/mol. The van der Waals surface area contributed by atoms with Crippen LogP contribution in [0.15, 0.2) is 26.8 Å². The van der Waals surface area contributed by atoms with Crippen LogP contribution >= 0.6 is 35.1 Å². The van der Waals surface area contributed by atoms with Crippen molar-refractivity contribution in [3.8, 4) is 0 Å². The zero-order valence-electron chi connectivity index (χ0n) is 15.1. The molecule has 0 atom stereocenters. The topological polar surface area (TPSA) is 68.0 Å². The van der Waals surface area contributed by atoms with Gasteiger partial charge >= 0.3 is 0 Å². The highest BCUT2D eigenvalue weighted by Gasteiger charge is 2.17. The van der Waals surface area contributed by atoms with E-state index in [1.165, 1.54) is 23.5 Å². The highest BCUT2D eigenvalue weighted by Crippen LogP contribution is 2.31. The van der Waals surface area contributed by atoms with Gasteiger partial charge in [0.15, 0.2) is 11.5 Å². The minimum atomic E-state index is -0.102. The molecule has 0 aliphatic rings. The molecule has 0 aliphatic heterocycles. The minimum Gasteiger partial charge on any atom is -0.441 e. The van der Waals surface area contributed by atoms with E-state index in [9.17, 15) is 4.79 Å². The molecule has 2 heterocycles. The summed E-state index contributed by atoms with van der Waals surface area (Å²) in [5.74, 6) is 0.620. The zero-order valence-corrected chi connectivity index (χ0v) is 17.4. The molecular weight excluding hydrogens is 390 g/mol. The summed E-state index contributed by atoms with van der Waals surface area (Å²) in [7, 11) is 0. The van der Waals surface area contributed by atoms with Gasteiger partial charge in [0, 0.05) is 18.4 Å². The van der Waals surface area contributed by atoms with E-state index in [0.717, 1.165) is 38.9 Å². The van der Waals surface area contributed by atoms with Crippen molar-refractivity contribution in [2.45, 2.75) is 44.7 Å². The molecule has 26 heavy (non-hydrogen) atoms. The summed E-state index contributed by atoms with van der Waals surface area (Å²) < 4.78 is 13.5. The summed E-state index contributed by atoms with van der Waals surface area (Å²) in [6, 6.07) is 5.66. The molecule has 1 aromatic carbocycles. The van der Waals surface area contributed by atoms with Crippen molar-refractivity contribution in [3.63, 3.8) is 0 Å². The minimum absolute atomic E-state index is 0.102. The number of fused-ring (bicyclic) bond motifs is 1. The molecule has 3 aromatic rings. The van der Waals surface area contributed by atoms with Crippen LogP contribution in [0.1, 0.15) is 37.9 Å². The number of aryl methyl sites for hydroxylation is 1. The first-order valence-electron chi connectivity index (χ1n) is 8.17. The third kappa shape index (κ3) is 4.78. The van der Waals surface area contributed by atoms with Gasteiger partial charge in [-0.3, -0.25) is 9.52 Å². The summed E-state index contributed by atoms with van der Waals surface area (Å²) in [5.41, 5.74) is 3.30. The lowest BCUT2D eigenvalue weighted by Gasteiger charge is -2.14. The van der Waals surface area contributed by atoms with Gasteiger partial charge in [-0.05, 0) is 41.6 Å². The molecule has 0 spiro atoms. The Morgan fingerprint density at radius 1 is 1.38 bits per heavy atom. The predicted molar refractivity (Wildman–Crippen MR) is 107 cm³/mol. The van der Waals surface area contributed by atoms with Crippen LogP contribution in [0.2, 0.25) is 5.02 Å². The number of benzene rings is 1. The fraction of sp³-hybridized carbons (Fsp3) is 0.389. The van der Waals surface area contributed by atoms with E-state index in [2.05, 4.69) is 34.9 Å². The largest absolute Gasteiger partial charge is 0.441 e. The summed E-state index contributed by atoms with van der Waals surface area (Å²) >= 11 is 8.60. The van der Waals surface area contributed by atoms with E-state index < -0.39 is 0 Å². The Labute approximate surface area is 165 Å². The second-order valence-electron chi connectivity index (χ2n) is 7.32. The van der Waals surface area contributed by atoms with Gasteiger partial charge in [-0.2, -0.15) is 4.37 Å². The Morgan fingerprint density at radius 3 is 2.81 bits per heavy atom. The number of carbonyl (C=O) groups excluding carboxylic acids is 1. The third-order valence-electron chi connectivity index (χ3n) is 3.56. The number of hydrogen-bond acceptors (Lipinski definition) is 6. The molecule has 0 radical (unpaired) electrons. The maximum absolute atomic E-state index is 12.2. The van der Waals surface area contributed by atoms with Crippen LogP contribution in [0, 0.1) is 12.3 Å². The Morgan fingerprint density at radius 2 is 2.15 bits per heavy atom. The van der Waals surface area contributed by atoms with Crippen molar-refractivity contribution < 1.29 is 9.21 Å². The standard InChI is InChI=1S/C18H20ClN3O2S2/c1-10-16(19)17(25-21-10)26-22-14(23)8-11-5-6-13-12(7-11)20-15(24-13)9-18(2,3)4/h5-7H,8-9H2,1-4H3,(H,22,23). The van der Waals surface area contributed by atoms with E-state index >= 15 is 0 Å². The van der Waals surface area contributed by atoms with E-state index in [-0.39, 0.29) is 17.7 Å². The number of carbonyl (C=O) groups is 1. The molecule has 0 saturated carbocycles. The van der Waals surface area contributed by atoms with Gasteiger partial charge in [-0.1, -0.05) is 38.4 Å². The number of amides is 1. The fourth-order valence-corrected chi connectivity index (χ4v) is 4.14. The molecule has 0 bridgehead atoms. The molecule has 0 fully saturated rings. The van der Waals surface area contributed by atoms with Crippen LogP contribution in [-0.4, -0.2) is 15.3 Å². The number of rotatable bonds is 5.